The Bertz CT molecular complexity index is 476. The normalized spacial score (nSPS) is 15.9. The van der Waals surface area contributed by atoms with Crippen LogP contribution in [0.3, 0.4) is 0 Å². The second-order valence-corrected chi connectivity index (χ2v) is 4.89. The lowest BCUT2D eigenvalue weighted by atomic mass is 10.1. The third-order valence-electron chi connectivity index (χ3n) is 3.04. The number of benzene rings is 1. The summed E-state index contributed by atoms with van der Waals surface area (Å²) in [6, 6.07) is 6.79. The monoisotopic (exact) mass is 247 g/mol. The van der Waals surface area contributed by atoms with Crippen LogP contribution in [0.2, 0.25) is 0 Å². The maximum Gasteiger partial charge on any atom is 0.253 e. The molecule has 0 saturated heterocycles. The van der Waals surface area contributed by atoms with Gasteiger partial charge in [0.05, 0.1) is 5.54 Å². The first-order valence-corrected chi connectivity index (χ1v) is 5.84. The highest BCUT2D eigenvalue weighted by atomic mass is 16.2. The molecule has 1 aliphatic rings. The Balaban J connectivity index is 2.04. The zero-order valence-corrected chi connectivity index (χ0v) is 10.6. The van der Waals surface area contributed by atoms with E-state index in [9.17, 15) is 9.59 Å². The number of hydrogen-bond donors (Lipinski definition) is 2. The van der Waals surface area contributed by atoms with Crippen molar-refractivity contribution in [1.82, 2.24) is 4.90 Å². The van der Waals surface area contributed by atoms with E-state index in [1.54, 1.807) is 38.4 Å². The molecule has 1 aliphatic carbocycles. The molecule has 0 bridgehead atoms. The van der Waals surface area contributed by atoms with Crippen molar-refractivity contribution in [1.29, 1.82) is 0 Å². The van der Waals surface area contributed by atoms with E-state index in [2.05, 4.69) is 5.32 Å². The van der Waals surface area contributed by atoms with Gasteiger partial charge in [-0.3, -0.25) is 9.59 Å². The van der Waals surface area contributed by atoms with Gasteiger partial charge in [0, 0.05) is 25.3 Å². The second kappa shape index (κ2) is 4.42. The summed E-state index contributed by atoms with van der Waals surface area (Å²) in [7, 11) is 3.40. The van der Waals surface area contributed by atoms with Crippen LogP contribution in [0.1, 0.15) is 23.2 Å². The van der Waals surface area contributed by atoms with Crippen LogP contribution in [0, 0.1) is 0 Å². The van der Waals surface area contributed by atoms with E-state index in [1.165, 1.54) is 4.90 Å². The van der Waals surface area contributed by atoms with E-state index in [4.69, 9.17) is 5.73 Å². The summed E-state index contributed by atoms with van der Waals surface area (Å²) in [5.41, 5.74) is 6.35. The summed E-state index contributed by atoms with van der Waals surface area (Å²) in [5.74, 6) is -0.223. The molecule has 3 N–H and O–H groups in total. The molecule has 1 aromatic rings. The SMILES string of the molecule is CN(C)C(=O)c1ccc(NC(=O)C2(N)CC2)cc1. The van der Waals surface area contributed by atoms with Crippen molar-refractivity contribution in [2.24, 2.45) is 5.73 Å². The molecular weight excluding hydrogens is 230 g/mol. The molecule has 0 aromatic heterocycles. The lowest BCUT2D eigenvalue weighted by Crippen LogP contribution is -2.37. The third-order valence-corrected chi connectivity index (χ3v) is 3.04. The molecule has 5 heteroatoms. The van der Waals surface area contributed by atoms with Crippen LogP contribution in [0.25, 0.3) is 0 Å². The first-order chi connectivity index (χ1) is 8.42. The Labute approximate surface area is 106 Å². The van der Waals surface area contributed by atoms with Gasteiger partial charge in [0.15, 0.2) is 0 Å². The summed E-state index contributed by atoms with van der Waals surface area (Å²) in [6.45, 7) is 0. The number of carbonyl (C=O) groups is 2. The summed E-state index contributed by atoms with van der Waals surface area (Å²) >= 11 is 0. The van der Waals surface area contributed by atoms with Crippen molar-refractivity contribution in [2.75, 3.05) is 19.4 Å². The summed E-state index contributed by atoms with van der Waals surface area (Å²) in [5, 5.41) is 2.75. The number of anilines is 1. The highest BCUT2D eigenvalue weighted by molar-refractivity contribution is 6.00. The van der Waals surface area contributed by atoms with E-state index in [0.717, 1.165) is 12.8 Å². The third kappa shape index (κ3) is 2.51. The van der Waals surface area contributed by atoms with Crippen molar-refractivity contribution in [2.45, 2.75) is 18.4 Å². The highest BCUT2D eigenvalue weighted by Crippen LogP contribution is 2.33. The Kier molecular flexibility index (Phi) is 3.09. The van der Waals surface area contributed by atoms with Gasteiger partial charge in [0.2, 0.25) is 5.91 Å². The van der Waals surface area contributed by atoms with E-state index >= 15 is 0 Å². The standard InChI is InChI=1S/C13H17N3O2/c1-16(2)11(17)9-3-5-10(6-4-9)15-12(18)13(14)7-8-13/h3-6H,7-8,14H2,1-2H3,(H,15,18). The van der Waals surface area contributed by atoms with Crippen LogP contribution in [0.5, 0.6) is 0 Å². The first kappa shape index (κ1) is 12.6. The van der Waals surface area contributed by atoms with E-state index in [0.29, 0.717) is 11.3 Å². The molecule has 0 aliphatic heterocycles. The van der Waals surface area contributed by atoms with Crippen LogP contribution in [0.15, 0.2) is 24.3 Å². The van der Waals surface area contributed by atoms with Crippen LogP contribution in [0.4, 0.5) is 5.69 Å². The van der Waals surface area contributed by atoms with Gasteiger partial charge < -0.3 is 16.0 Å². The van der Waals surface area contributed by atoms with E-state index in [1.807, 2.05) is 0 Å². The molecule has 18 heavy (non-hydrogen) atoms. The molecule has 0 heterocycles. The minimum atomic E-state index is -0.682. The fourth-order valence-electron chi connectivity index (χ4n) is 1.57. The second-order valence-electron chi connectivity index (χ2n) is 4.89. The van der Waals surface area contributed by atoms with Gasteiger partial charge in [-0.2, -0.15) is 0 Å². The maximum absolute atomic E-state index is 11.7. The van der Waals surface area contributed by atoms with E-state index in [-0.39, 0.29) is 11.8 Å². The molecule has 96 valence electrons. The Morgan fingerprint density at radius 1 is 1.22 bits per heavy atom. The van der Waals surface area contributed by atoms with Crippen molar-refractivity contribution in [3.05, 3.63) is 29.8 Å². The molecule has 2 amide bonds. The number of nitrogens with zero attached hydrogens (tertiary/aromatic N) is 1. The number of nitrogens with one attached hydrogen (secondary N) is 1. The zero-order chi connectivity index (χ0) is 13.3. The predicted octanol–water partition coefficient (Wildman–Crippen LogP) is 0.818. The molecule has 1 saturated carbocycles. The Morgan fingerprint density at radius 2 is 1.78 bits per heavy atom. The highest BCUT2D eigenvalue weighted by Gasteiger charge is 2.45. The molecule has 1 fully saturated rings. The van der Waals surface area contributed by atoms with E-state index < -0.39 is 5.54 Å². The summed E-state index contributed by atoms with van der Waals surface area (Å²) < 4.78 is 0. The Hall–Kier alpha value is -1.88. The summed E-state index contributed by atoms with van der Waals surface area (Å²) in [6.07, 6.45) is 1.46. The quantitative estimate of drug-likeness (QED) is 0.830. The van der Waals surface area contributed by atoms with Crippen molar-refractivity contribution in [3.63, 3.8) is 0 Å². The molecule has 0 spiro atoms. The molecule has 2 rings (SSSR count). The van der Waals surface area contributed by atoms with Crippen molar-refractivity contribution >= 4 is 17.5 Å². The van der Waals surface area contributed by atoms with Crippen LogP contribution < -0.4 is 11.1 Å². The topological polar surface area (TPSA) is 75.4 Å². The lowest BCUT2D eigenvalue weighted by Gasteiger charge is -2.12. The average Bonchev–Trinajstić information content (AvgIpc) is 3.08. The van der Waals surface area contributed by atoms with Gasteiger partial charge >= 0.3 is 0 Å². The van der Waals surface area contributed by atoms with Gasteiger partial charge in [-0.05, 0) is 37.1 Å². The largest absolute Gasteiger partial charge is 0.345 e. The van der Waals surface area contributed by atoms with Crippen molar-refractivity contribution in [3.8, 4) is 0 Å². The van der Waals surface area contributed by atoms with Gasteiger partial charge in [0.25, 0.3) is 5.91 Å². The van der Waals surface area contributed by atoms with Crippen LogP contribution in [-0.4, -0.2) is 36.3 Å². The smallest absolute Gasteiger partial charge is 0.253 e. The fraction of sp³-hybridized carbons (Fsp3) is 0.385. The number of carbonyl (C=O) groups excluding carboxylic acids is 2. The molecular formula is C13H17N3O2. The van der Waals surface area contributed by atoms with Gasteiger partial charge in [-0.15, -0.1) is 0 Å². The zero-order valence-electron chi connectivity index (χ0n) is 10.6. The first-order valence-electron chi connectivity index (χ1n) is 5.84. The minimum Gasteiger partial charge on any atom is -0.345 e. The van der Waals surface area contributed by atoms with Gasteiger partial charge in [-0.1, -0.05) is 0 Å². The molecule has 0 atom stereocenters. The van der Waals surface area contributed by atoms with Crippen molar-refractivity contribution < 1.29 is 9.59 Å². The molecule has 0 radical (unpaired) electrons. The predicted molar refractivity (Wildman–Crippen MR) is 69.2 cm³/mol. The molecule has 5 nitrogen and oxygen atoms in total. The number of rotatable bonds is 3. The minimum absolute atomic E-state index is 0.0645. The van der Waals surface area contributed by atoms with Gasteiger partial charge in [0.1, 0.15) is 0 Å². The molecule has 0 unspecified atom stereocenters. The van der Waals surface area contributed by atoms with Crippen LogP contribution in [-0.2, 0) is 4.79 Å². The average molecular weight is 247 g/mol. The fourth-order valence-corrected chi connectivity index (χ4v) is 1.57. The van der Waals surface area contributed by atoms with Crippen LogP contribution >= 0.6 is 0 Å². The number of nitrogens with two attached hydrogens (primary N) is 1. The lowest BCUT2D eigenvalue weighted by molar-refractivity contribution is -0.118. The van der Waals surface area contributed by atoms with Gasteiger partial charge in [-0.25, -0.2) is 0 Å². The number of amides is 2. The summed E-state index contributed by atoms with van der Waals surface area (Å²) in [4.78, 5) is 24.9. The number of hydrogen-bond acceptors (Lipinski definition) is 3. The maximum atomic E-state index is 11.7. The Morgan fingerprint density at radius 3 is 2.22 bits per heavy atom. The molecule has 1 aromatic carbocycles.